The molecule has 0 radical (unpaired) electrons. The Balaban J connectivity index is 2.83. The van der Waals surface area contributed by atoms with Crippen LogP contribution >= 0.6 is 0 Å². The quantitative estimate of drug-likeness (QED) is 0.862. The van der Waals surface area contributed by atoms with Gasteiger partial charge in [0.15, 0.2) is 0 Å². The van der Waals surface area contributed by atoms with E-state index in [0.29, 0.717) is 6.04 Å². The maximum absolute atomic E-state index is 5.45. The lowest BCUT2D eigenvalue weighted by atomic mass is 9.85. The van der Waals surface area contributed by atoms with Crippen molar-refractivity contribution < 1.29 is 4.74 Å². The second kappa shape index (κ2) is 6.24. The summed E-state index contributed by atoms with van der Waals surface area (Å²) in [5.74, 6) is 0.989. The van der Waals surface area contributed by atoms with Crippen molar-refractivity contribution in [3.8, 4) is 5.75 Å². The molecule has 0 fully saturated rings. The predicted octanol–water partition coefficient (Wildman–Crippen LogP) is 3.53. The monoisotopic (exact) mass is 249 g/mol. The van der Waals surface area contributed by atoms with Crippen molar-refractivity contribution in [3.05, 3.63) is 29.3 Å². The summed E-state index contributed by atoms with van der Waals surface area (Å²) < 4.78 is 5.45. The Hall–Kier alpha value is -1.02. The van der Waals surface area contributed by atoms with Crippen molar-refractivity contribution in [1.82, 2.24) is 5.32 Å². The van der Waals surface area contributed by atoms with E-state index in [1.165, 1.54) is 11.1 Å². The molecule has 18 heavy (non-hydrogen) atoms. The number of ether oxygens (including phenoxy) is 1. The number of benzene rings is 1. The van der Waals surface area contributed by atoms with E-state index in [9.17, 15) is 0 Å². The van der Waals surface area contributed by atoms with Crippen LogP contribution in [0.15, 0.2) is 18.2 Å². The van der Waals surface area contributed by atoms with Crippen LogP contribution in [0, 0.1) is 0 Å². The fraction of sp³-hybridized carbons (Fsp3) is 0.625. The zero-order valence-corrected chi connectivity index (χ0v) is 12.6. The molecule has 0 spiro atoms. The maximum atomic E-state index is 5.45. The summed E-state index contributed by atoms with van der Waals surface area (Å²) in [7, 11) is 1.74. The highest BCUT2D eigenvalue weighted by atomic mass is 16.5. The first-order chi connectivity index (χ1) is 8.34. The summed E-state index contributed by atoms with van der Waals surface area (Å²) in [5, 5.41) is 3.45. The first kappa shape index (κ1) is 15.0. The van der Waals surface area contributed by atoms with Crippen LogP contribution in [-0.4, -0.2) is 19.7 Å². The van der Waals surface area contributed by atoms with Gasteiger partial charge in [-0.05, 0) is 35.6 Å². The molecule has 1 rings (SSSR count). The average Bonchev–Trinajstić information content (AvgIpc) is 2.27. The molecule has 102 valence electrons. The number of hydrogen-bond donors (Lipinski definition) is 1. The van der Waals surface area contributed by atoms with Gasteiger partial charge in [-0.3, -0.25) is 0 Å². The lowest BCUT2D eigenvalue weighted by Gasteiger charge is -2.23. The Morgan fingerprint density at radius 3 is 2.39 bits per heavy atom. The van der Waals surface area contributed by atoms with E-state index in [0.717, 1.165) is 18.7 Å². The molecule has 0 saturated carbocycles. The summed E-state index contributed by atoms with van der Waals surface area (Å²) >= 11 is 0. The second-order valence-corrected chi connectivity index (χ2v) is 6.14. The standard InChI is InChI=1S/C16H27NO/c1-12(2)17-10-9-13-7-8-15(18-6)14(11-13)16(3,4)5/h7-8,11-12,17H,9-10H2,1-6H3. The molecule has 0 atom stereocenters. The van der Waals surface area contributed by atoms with Gasteiger partial charge < -0.3 is 10.1 Å². The van der Waals surface area contributed by atoms with Crippen LogP contribution < -0.4 is 10.1 Å². The SMILES string of the molecule is COc1ccc(CCNC(C)C)cc1C(C)(C)C. The van der Waals surface area contributed by atoms with Gasteiger partial charge in [-0.25, -0.2) is 0 Å². The van der Waals surface area contributed by atoms with Crippen molar-refractivity contribution in [2.24, 2.45) is 0 Å². The first-order valence-corrected chi connectivity index (χ1v) is 6.75. The fourth-order valence-electron chi connectivity index (χ4n) is 2.00. The zero-order chi connectivity index (χ0) is 13.8. The summed E-state index contributed by atoms with van der Waals surface area (Å²) in [6.07, 6.45) is 1.06. The fourth-order valence-corrected chi connectivity index (χ4v) is 2.00. The minimum atomic E-state index is 0.118. The van der Waals surface area contributed by atoms with Crippen LogP contribution in [0.1, 0.15) is 45.7 Å². The van der Waals surface area contributed by atoms with E-state index in [2.05, 4.69) is 58.1 Å². The molecule has 0 saturated heterocycles. The van der Waals surface area contributed by atoms with Crippen LogP contribution in [-0.2, 0) is 11.8 Å². The minimum Gasteiger partial charge on any atom is -0.496 e. The van der Waals surface area contributed by atoms with Gasteiger partial charge >= 0.3 is 0 Å². The van der Waals surface area contributed by atoms with Gasteiger partial charge in [-0.1, -0.05) is 46.8 Å². The smallest absolute Gasteiger partial charge is 0.122 e. The third kappa shape index (κ3) is 4.34. The predicted molar refractivity (Wildman–Crippen MR) is 78.5 cm³/mol. The molecule has 0 aliphatic rings. The van der Waals surface area contributed by atoms with Crippen molar-refractivity contribution >= 4 is 0 Å². The highest BCUT2D eigenvalue weighted by Gasteiger charge is 2.19. The van der Waals surface area contributed by atoms with Gasteiger partial charge in [0.05, 0.1) is 7.11 Å². The summed E-state index contributed by atoms with van der Waals surface area (Å²) in [4.78, 5) is 0. The van der Waals surface area contributed by atoms with Crippen LogP contribution in [0.5, 0.6) is 5.75 Å². The summed E-state index contributed by atoms with van der Waals surface area (Å²) in [6.45, 7) is 12.0. The van der Waals surface area contributed by atoms with E-state index in [4.69, 9.17) is 4.74 Å². The molecular formula is C16H27NO. The number of nitrogens with one attached hydrogen (secondary N) is 1. The molecule has 0 aliphatic heterocycles. The molecule has 1 aromatic carbocycles. The van der Waals surface area contributed by atoms with Crippen LogP contribution in [0.3, 0.4) is 0 Å². The highest BCUT2D eigenvalue weighted by molar-refractivity contribution is 5.41. The van der Waals surface area contributed by atoms with E-state index in [1.54, 1.807) is 7.11 Å². The molecule has 0 heterocycles. The third-order valence-corrected chi connectivity index (χ3v) is 3.04. The molecule has 0 bridgehead atoms. The van der Waals surface area contributed by atoms with Crippen LogP contribution in [0.4, 0.5) is 0 Å². The lowest BCUT2D eigenvalue weighted by molar-refractivity contribution is 0.397. The van der Waals surface area contributed by atoms with Crippen LogP contribution in [0.2, 0.25) is 0 Å². The van der Waals surface area contributed by atoms with Crippen molar-refractivity contribution in [2.75, 3.05) is 13.7 Å². The van der Waals surface area contributed by atoms with Gasteiger partial charge in [0.2, 0.25) is 0 Å². The Morgan fingerprint density at radius 1 is 1.22 bits per heavy atom. The molecule has 2 nitrogen and oxygen atoms in total. The Kier molecular flexibility index (Phi) is 5.21. The van der Waals surface area contributed by atoms with Gasteiger partial charge in [-0.2, -0.15) is 0 Å². The molecule has 0 aliphatic carbocycles. The van der Waals surface area contributed by atoms with E-state index < -0.39 is 0 Å². The van der Waals surface area contributed by atoms with E-state index >= 15 is 0 Å². The third-order valence-electron chi connectivity index (χ3n) is 3.04. The van der Waals surface area contributed by atoms with Crippen molar-refractivity contribution in [1.29, 1.82) is 0 Å². The molecule has 1 N–H and O–H groups in total. The lowest BCUT2D eigenvalue weighted by Crippen LogP contribution is -2.25. The van der Waals surface area contributed by atoms with Gasteiger partial charge in [-0.15, -0.1) is 0 Å². The Labute approximate surface area is 112 Å². The first-order valence-electron chi connectivity index (χ1n) is 6.75. The minimum absolute atomic E-state index is 0.118. The topological polar surface area (TPSA) is 21.3 Å². The van der Waals surface area contributed by atoms with E-state index in [-0.39, 0.29) is 5.41 Å². The normalized spacial score (nSPS) is 11.9. The molecule has 0 amide bonds. The second-order valence-electron chi connectivity index (χ2n) is 6.14. The molecular weight excluding hydrogens is 222 g/mol. The average molecular weight is 249 g/mol. The van der Waals surface area contributed by atoms with Crippen molar-refractivity contribution in [2.45, 2.75) is 52.5 Å². The zero-order valence-electron chi connectivity index (χ0n) is 12.6. The largest absolute Gasteiger partial charge is 0.496 e. The Bertz CT molecular complexity index is 377. The van der Waals surface area contributed by atoms with Gasteiger partial charge in [0.1, 0.15) is 5.75 Å². The van der Waals surface area contributed by atoms with E-state index in [1.807, 2.05) is 0 Å². The number of rotatable bonds is 5. The maximum Gasteiger partial charge on any atom is 0.122 e. The highest BCUT2D eigenvalue weighted by Crippen LogP contribution is 2.32. The van der Waals surface area contributed by atoms with Crippen LogP contribution in [0.25, 0.3) is 0 Å². The number of hydrogen-bond acceptors (Lipinski definition) is 2. The summed E-state index contributed by atoms with van der Waals surface area (Å²) in [6, 6.07) is 7.08. The van der Waals surface area contributed by atoms with Gasteiger partial charge in [0, 0.05) is 6.04 Å². The molecule has 1 aromatic rings. The molecule has 0 aromatic heterocycles. The molecule has 2 heteroatoms. The Morgan fingerprint density at radius 2 is 1.89 bits per heavy atom. The molecule has 0 unspecified atom stereocenters. The van der Waals surface area contributed by atoms with Gasteiger partial charge in [0.25, 0.3) is 0 Å². The number of methoxy groups -OCH3 is 1. The van der Waals surface area contributed by atoms with Crippen molar-refractivity contribution in [3.63, 3.8) is 0 Å². The summed E-state index contributed by atoms with van der Waals surface area (Å²) in [5.41, 5.74) is 2.77.